The van der Waals surface area contributed by atoms with Gasteiger partial charge >= 0.3 is 0 Å². The van der Waals surface area contributed by atoms with Gasteiger partial charge in [0.1, 0.15) is 0 Å². The van der Waals surface area contributed by atoms with E-state index in [1.807, 2.05) is 11.8 Å². The first-order chi connectivity index (χ1) is 8.67. The van der Waals surface area contributed by atoms with Crippen molar-refractivity contribution in [1.29, 1.82) is 0 Å². The Morgan fingerprint density at radius 2 is 2.11 bits per heavy atom. The van der Waals surface area contributed by atoms with E-state index < -0.39 is 0 Å². The Labute approximate surface area is 114 Å². The van der Waals surface area contributed by atoms with Gasteiger partial charge in [0, 0.05) is 16.2 Å². The molecular weight excluding hydrogens is 242 g/mol. The molecule has 0 bridgehead atoms. The molecule has 0 amide bonds. The molecule has 1 aliphatic carbocycles. The highest BCUT2D eigenvalue weighted by Gasteiger charge is 2.22. The smallest absolute Gasteiger partial charge is 0.0618 e. The maximum Gasteiger partial charge on any atom is 0.0618 e. The second kappa shape index (κ2) is 6.09. The molecule has 1 aromatic carbocycles. The highest BCUT2D eigenvalue weighted by molar-refractivity contribution is 7.99. The van der Waals surface area contributed by atoms with Crippen LogP contribution in [-0.2, 0) is 12.8 Å². The lowest BCUT2D eigenvalue weighted by molar-refractivity contribution is 0.194. The lowest BCUT2D eigenvalue weighted by Crippen LogP contribution is -2.47. The third-order valence-electron chi connectivity index (χ3n) is 3.58. The lowest BCUT2D eigenvalue weighted by atomic mass is 10.1. The average molecular weight is 265 g/mol. The Morgan fingerprint density at radius 1 is 1.33 bits per heavy atom. The van der Waals surface area contributed by atoms with Crippen LogP contribution in [0.5, 0.6) is 0 Å². The second-order valence-corrected chi connectivity index (χ2v) is 6.37. The van der Waals surface area contributed by atoms with Crippen LogP contribution in [0.3, 0.4) is 0 Å². The monoisotopic (exact) mass is 265 g/mol. The topological polar surface area (TPSA) is 32.3 Å². The fourth-order valence-corrected chi connectivity index (χ4v) is 3.53. The van der Waals surface area contributed by atoms with Gasteiger partial charge < -0.3 is 10.4 Å². The van der Waals surface area contributed by atoms with Crippen LogP contribution in [0.25, 0.3) is 0 Å². The number of rotatable bonds is 6. The molecule has 3 heteroatoms. The molecule has 1 aromatic rings. The first kappa shape index (κ1) is 13.9. The molecule has 0 spiro atoms. The minimum atomic E-state index is -0.182. The standard InChI is InChI=1S/C15H23NOS/c1-3-16-15(2,10-17)11-18-14-8-7-12-5-4-6-13(12)9-14/h7-9,16-17H,3-6,10-11H2,1-2H3. The van der Waals surface area contributed by atoms with Crippen molar-refractivity contribution in [3.05, 3.63) is 29.3 Å². The van der Waals surface area contributed by atoms with Crippen molar-refractivity contribution in [2.45, 2.75) is 43.5 Å². The minimum Gasteiger partial charge on any atom is -0.394 e. The van der Waals surface area contributed by atoms with E-state index in [1.54, 1.807) is 0 Å². The summed E-state index contributed by atoms with van der Waals surface area (Å²) in [6.45, 7) is 5.23. The SMILES string of the molecule is CCNC(C)(CO)CSc1ccc2c(c1)CCC2. The Kier molecular flexibility index (Phi) is 4.71. The van der Waals surface area contributed by atoms with Crippen molar-refractivity contribution in [2.75, 3.05) is 18.9 Å². The summed E-state index contributed by atoms with van der Waals surface area (Å²) in [6.07, 6.45) is 3.77. The van der Waals surface area contributed by atoms with Crippen LogP contribution in [0.1, 0.15) is 31.4 Å². The first-order valence-electron chi connectivity index (χ1n) is 6.77. The normalized spacial score (nSPS) is 17.5. The summed E-state index contributed by atoms with van der Waals surface area (Å²) in [6, 6.07) is 6.82. The van der Waals surface area contributed by atoms with E-state index in [0.29, 0.717) is 0 Å². The number of hydrogen-bond donors (Lipinski definition) is 2. The maximum absolute atomic E-state index is 9.47. The van der Waals surface area contributed by atoms with E-state index in [-0.39, 0.29) is 12.1 Å². The molecular formula is C15H23NOS. The van der Waals surface area contributed by atoms with Gasteiger partial charge in [-0.25, -0.2) is 0 Å². The highest BCUT2D eigenvalue weighted by Crippen LogP contribution is 2.29. The van der Waals surface area contributed by atoms with Gasteiger partial charge in [-0.05, 0) is 56.0 Å². The van der Waals surface area contributed by atoms with Crippen LogP contribution >= 0.6 is 11.8 Å². The van der Waals surface area contributed by atoms with Gasteiger partial charge in [0.05, 0.1) is 6.61 Å². The molecule has 1 unspecified atom stereocenters. The van der Waals surface area contributed by atoms with Crippen molar-refractivity contribution >= 4 is 11.8 Å². The van der Waals surface area contributed by atoms with Crippen molar-refractivity contribution < 1.29 is 5.11 Å². The predicted octanol–water partition coefficient (Wildman–Crippen LogP) is 2.63. The Morgan fingerprint density at radius 3 is 2.83 bits per heavy atom. The van der Waals surface area contributed by atoms with Crippen molar-refractivity contribution in [2.24, 2.45) is 0 Å². The molecule has 18 heavy (non-hydrogen) atoms. The van der Waals surface area contributed by atoms with Gasteiger partial charge in [-0.3, -0.25) is 0 Å². The fraction of sp³-hybridized carbons (Fsp3) is 0.600. The molecule has 2 N–H and O–H groups in total. The molecule has 0 fully saturated rings. The summed E-state index contributed by atoms with van der Waals surface area (Å²) < 4.78 is 0. The summed E-state index contributed by atoms with van der Waals surface area (Å²) in [7, 11) is 0. The van der Waals surface area contributed by atoms with Crippen molar-refractivity contribution in [1.82, 2.24) is 5.32 Å². The number of aliphatic hydroxyl groups excluding tert-OH is 1. The molecule has 1 atom stereocenters. The van der Waals surface area contributed by atoms with E-state index in [2.05, 4.69) is 37.4 Å². The van der Waals surface area contributed by atoms with E-state index >= 15 is 0 Å². The largest absolute Gasteiger partial charge is 0.394 e. The second-order valence-electron chi connectivity index (χ2n) is 5.32. The van der Waals surface area contributed by atoms with Gasteiger partial charge in [0.15, 0.2) is 0 Å². The highest BCUT2D eigenvalue weighted by atomic mass is 32.2. The maximum atomic E-state index is 9.47. The van der Waals surface area contributed by atoms with Gasteiger partial charge in [-0.2, -0.15) is 0 Å². The summed E-state index contributed by atoms with van der Waals surface area (Å²) >= 11 is 1.84. The first-order valence-corrected chi connectivity index (χ1v) is 7.76. The van der Waals surface area contributed by atoms with Gasteiger partial charge in [0.25, 0.3) is 0 Å². The quantitative estimate of drug-likeness (QED) is 0.776. The van der Waals surface area contributed by atoms with Crippen molar-refractivity contribution in [3.63, 3.8) is 0 Å². The van der Waals surface area contributed by atoms with Crippen molar-refractivity contribution in [3.8, 4) is 0 Å². The zero-order chi connectivity index (χ0) is 13.0. The van der Waals surface area contributed by atoms with Crippen LogP contribution in [-0.4, -0.2) is 29.5 Å². The number of hydrogen-bond acceptors (Lipinski definition) is 3. The number of benzene rings is 1. The molecule has 2 rings (SSSR count). The Hall–Kier alpha value is -0.510. The van der Waals surface area contributed by atoms with E-state index in [1.165, 1.54) is 35.3 Å². The summed E-state index contributed by atoms with van der Waals surface area (Å²) in [4.78, 5) is 1.33. The van der Waals surface area contributed by atoms with Gasteiger partial charge in [-0.15, -0.1) is 11.8 Å². The molecule has 0 aromatic heterocycles. The number of thioether (sulfide) groups is 1. The molecule has 100 valence electrons. The van der Waals surface area contributed by atoms with Gasteiger partial charge in [-0.1, -0.05) is 13.0 Å². The number of nitrogens with one attached hydrogen (secondary N) is 1. The van der Waals surface area contributed by atoms with E-state index in [9.17, 15) is 5.11 Å². The van der Waals surface area contributed by atoms with Crippen LogP contribution in [0.4, 0.5) is 0 Å². The van der Waals surface area contributed by atoms with E-state index in [4.69, 9.17) is 0 Å². The minimum absolute atomic E-state index is 0.179. The van der Waals surface area contributed by atoms with Gasteiger partial charge in [0.2, 0.25) is 0 Å². The number of aliphatic hydroxyl groups is 1. The van der Waals surface area contributed by atoms with Crippen LogP contribution in [0.2, 0.25) is 0 Å². The number of likely N-dealkylation sites (N-methyl/N-ethyl adjacent to an activating group) is 1. The van der Waals surface area contributed by atoms with Crippen LogP contribution < -0.4 is 5.32 Å². The van der Waals surface area contributed by atoms with Crippen LogP contribution in [0, 0.1) is 0 Å². The summed E-state index contributed by atoms with van der Waals surface area (Å²) in [5, 5.41) is 12.8. The average Bonchev–Trinajstić information content (AvgIpc) is 2.84. The Balaban J connectivity index is 1.97. The fourth-order valence-electron chi connectivity index (χ4n) is 2.46. The number of fused-ring (bicyclic) bond motifs is 1. The molecule has 0 radical (unpaired) electrons. The van der Waals surface area contributed by atoms with Crippen LogP contribution in [0.15, 0.2) is 23.1 Å². The summed E-state index contributed by atoms with van der Waals surface area (Å²) in [5.74, 6) is 0.899. The summed E-state index contributed by atoms with van der Waals surface area (Å²) in [5.41, 5.74) is 2.86. The number of aryl methyl sites for hydroxylation is 2. The third-order valence-corrected chi connectivity index (χ3v) is 4.95. The lowest BCUT2D eigenvalue weighted by Gasteiger charge is -2.27. The molecule has 1 aliphatic rings. The Bertz CT molecular complexity index is 407. The molecule has 0 heterocycles. The molecule has 0 aliphatic heterocycles. The third kappa shape index (κ3) is 3.28. The van der Waals surface area contributed by atoms with E-state index in [0.717, 1.165) is 12.3 Å². The predicted molar refractivity (Wildman–Crippen MR) is 78.4 cm³/mol. The zero-order valence-electron chi connectivity index (χ0n) is 11.3. The molecule has 0 saturated carbocycles. The molecule has 0 saturated heterocycles. The zero-order valence-corrected chi connectivity index (χ0v) is 12.1. The molecule has 2 nitrogen and oxygen atoms in total.